The summed E-state index contributed by atoms with van der Waals surface area (Å²) in [7, 11) is 1.41. The van der Waals surface area contributed by atoms with E-state index in [0.29, 0.717) is 12.8 Å². The first-order valence-electron chi connectivity index (χ1n) is 4.69. The maximum atomic E-state index is 12.8. The number of alkyl halides is 3. The molecule has 2 atom stereocenters. The second-order valence-electron chi connectivity index (χ2n) is 3.87. The highest BCUT2D eigenvalue weighted by atomic mass is 19.4. The smallest absolute Gasteiger partial charge is 0.306 e. The van der Waals surface area contributed by atoms with E-state index in [-0.39, 0.29) is 12.3 Å². The summed E-state index contributed by atoms with van der Waals surface area (Å²) in [5, 5.41) is 2.48. The van der Waals surface area contributed by atoms with Crippen LogP contribution >= 0.6 is 0 Å². The minimum atomic E-state index is -4.12. The van der Waals surface area contributed by atoms with Crippen molar-refractivity contribution in [3.05, 3.63) is 0 Å². The van der Waals surface area contributed by atoms with E-state index in [9.17, 15) is 13.2 Å². The lowest BCUT2D eigenvalue weighted by Crippen LogP contribution is -2.60. The molecule has 0 amide bonds. The Morgan fingerprint density at radius 3 is 2.23 bits per heavy atom. The molecule has 0 spiro atoms. The van der Waals surface area contributed by atoms with Crippen molar-refractivity contribution >= 4 is 0 Å². The van der Waals surface area contributed by atoms with Crippen LogP contribution < -0.4 is 5.32 Å². The highest BCUT2D eigenvalue weighted by Crippen LogP contribution is 2.44. The maximum Gasteiger partial charge on any atom is 0.406 e. The molecule has 1 aliphatic carbocycles. The molecule has 13 heavy (non-hydrogen) atoms. The van der Waals surface area contributed by atoms with Crippen LogP contribution in [0.4, 0.5) is 13.2 Å². The molecule has 1 N–H and O–H groups in total. The summed E-state index contributed by atoms with van der Waals surface area (Å²) < 4.78 is 38.4. The van der Waals surface area contributed by atoms with Crippen molar-refractivity contribution in [3.63, 3.8) is 0 Å². The topological polar surface area (TPSA) is 12.0 Å². The molecule has 0 saturated heterocycles. The lowest BCUT2D eigenvalue weighted by molar-refractivity contribution is -0.217. The number of halogens is 3. The average molecular weight is 195 g/mol. The molecule has 1 saturated carbocycles. The maximum absolute atomic E-state index is 12.8. The van der Waals surface area contributed by atoms with Crippen molar-refractivity contribution < 1.29 is 13.2 Å². The molecule has 0 aromatic rings. The minimum Gasteiger partial charge on any atom is -0.306 e. The molecule has 1 aliphatic rings. The van der Waals surface area contributed by atoms with E-state index < -0.39 is 11.7 Å². The number of hydrogen-bond acceptors (Lipinski definition) is 1. The Morgan fingerprint density at radius 2 is 1.92 bits per heavy atom. The fourth-order valence-corrected chi connectivity index (χ4v) is 2.28. The number of nitrogens with one attached hydrogen (secondary N) is 1. The molecule has 78 valence electrons. The van der Waals surface area contributed by atoms with Gasteiger partial charge in [0.2, 0.25) is 0 Å². The fourth-order valence-electron chi connectivity index (χ4n) is 2.28. The highest BCUT2D eigenvalue weighted by Gasteiger charge is 2.57. The van der Waals surface area contributed by atoms with Crippen LogP contribution in [0.1, 0.15) is 32.6 Å². The van der Waals surface area contributed by atoms with Crippen LogP contribution in [0, 0.1) is 5.92 Å². The fraction of sp³-hybridized carbons (Fsp3) is 1.00. The third kappa shape index (κ3) is 1.68. The third-order valence-corrected chi connectivity index (χ3v) is 3.25. The second kappa shape index (κ2) is 3.48. The first-order valence-corrected chi connectivity index (χ1v) is 4.69. The van der Waals surface area contributed by atoms with Gasteiger partial charge < -0.3 is 5.32 Å². The zero-order valence-electron chi connectivity index (χ0n) is 8.04. The van der Waals surface area contributed by atoms with Crippen LogP contribution in [-0.2, 0) is 0 Å². The molecule has 1 nitrogen and oxygen atoms in total. The van der Waals surface area contributed by atoms with Gasteiger partial charge in [-0.15, -0.1) is 0 Å². The molecule has 1 fully saturated rings. The normalized spacial score (nSPS) is 36.2. The van der Waals surface area contributed by atoms with Crippen molar-refractivity contribution in [1.82, 2.24) is 5.32 Å². The van der Waals surface area contributed by atoms with Gasteiger partial charge >= 0.3 is 6.18 Å². The van der Waals surface area contributed by atoms with Crippen molar-refractivity contribution in [1.29, 1.82) is 0 Å². The molecule has 2 unspecified atom stereocenters. The zero-order chi connectivity index (χ0) is 10.1. The van der Waals surface area contributed by atoms with Crippen molar-refractivity contribution in [2.75, 3.05) is 7.05 Å². The number of hydrogen-bond donors (Lipinski definition) is 1. The predicted molar refractivity (Wildman–Crippen MR) is 45.5 cm³/mol. The van der Waals surface area contributed by atoms with Crippen LogP contribution in [0.2, 0.25) is 0 Å². The van der Waals surface area contributed by atoms with Gasteiger partial charge in [-0.1, -0.05) is 19.8 Å². The van der Waals surface area contributed by atoms with Crippen LogP contribution in [-0.4, -0.2) is 18.8 Å². The lowest BCUT2D eigenvalue weighted by atomic mass is 9.73. The predicted octanol–water partition coefficient (Wildman–Crippen LogP) is 2.72. The van der Waals surface area contributed by atoms with Gasteiger partial charge in [0.05, 0.1) is 0 Å². The van der Waals surface area contributed by atoms with Crippen molar-refractivity contribution in [2.45, 2.75) is 44.3 Å². The highest BCUT2D eigenvalue weighted by molar-refractivity contribution is 5.00. The molecule has 0 aliphatic heterocycles. The molecule has 0 aromatic carbocycles. The Labute approximate surface area is 76.7 Å². The van der Waals surface area contributed by atoms with E-state index in [1.165, 1.54) is 7.05 Å². The SMILES string of the molecule is CNC1(C(F)(F)F)CCCCC1C. The standard InChI is InChI=1S/C9H16F3N/c1-7-5-3-4-6-8(7,13-2)9(10,11)12/h7,13H,3-6H2,1-2H3. The summed E-state index contributed by atoms with van der Waals surface area (Å²) in [5.74, 6) is -0.314. The second-order valence-corrected chi connectivity index (χ2v) is 3.87. The largest absolute Gasteiger partial charge is 0.406 e. The summed E-state index contributed by atoms with van der Waals surface area (Å²) >= 11 is 0. The molecule has 0 heterocycles. The van der Waals surface area contributed by atoms with Gasteiger partial charge in [0.1, 0.15) is 5.54 Å². The van der Waals surface area contributed by atoms with Crippen LogP contribution in [0.25, 0.3) is 0 Å². The first-order chi connectivity index (χ1) is 5.94. The Kier molecular flexibility index (Phi) is 2.90. The van der Waals surface area contributed by atoms with Gasteiger partial charge in [-0.3, -0.25) is 0 Å². The molecule has 4 heteroatoms. The van der Waals surface area contributed by atoms with Gasteiger partial charge in [0, 0.05) is 0 Å². The molecule has 1 rings (SSSR count). The summed E-state index contributed by atoms with van der Waals surface area (Å²) in [4.78, 5) is 0. The summed E-state index contributed by atoms with van der Waals surface area (Å²) in [6.07, 6.45) is -1.65. The van der Waals surface area contributed by atoms with Gasteiger partial charge in [-0.2, -0.15) is 13.2 Å². The average Bonchev–Trinajstić information content (AvgIpc) is 2.03. The summed E-state index contributed by atoms with van der Waals surface area (Å²) in [6, 6.07) is 0. The Morgan fingerprint density at radius 1 is 1.31 bits per heavy atom. The number of rotatable bonds is 1. The van der Waals surface area contributed by atoms with Crippen LogP contribution in [0.15, 0.2) is 0 Å². The molecule has 0 aromatic heterocycles. The monoisotopic (exact) mass is 195 g/mol. The summed E-state index contributed by atoms with van der Waals surface area (Å²) in [6.45, 7) is 1.68. The Balaban J connectivity index is 2.89. The molecule has 0 bridgehead atoms. The zero-order valence-corrected chi connectivity index (χ0v) is 8.04. The van der Waals surface area contributed by atoms with E-state index in [1.807, 2.05) is 0 Å². The van der Waals surface area contributed by atoms with E-state index >= 15 is 0 Å². The molecular weight excluding hydrogens is 179 g/mol. The molecule has 0 radical (unpaired) electrons. The van der Waals surface area contributed by atoms with E-state index in [4.69, 9.17) is 0 Å². The van der Waals surface area contributed by atoms with Gasteiger partial charge in [0.25, 0.3) is 0 Å². The molecular formula is C9H16F3N. The lowest BCUT2D eigenvalue weighted by Gasteiger charge is -2.43. The first kappa shape index (κ1) is 10.8. The van der Waals surface area contributed by atoms with Crippen LogP contribution in [0.3, 0.4) is 0 Å². The van der Waals surface area contributed by atoms with Gasteiger partial charge in [-0.25, -0.2) is 0 Å². The van der Waals surface area contributed by atoms with E-state index in [2.05, 4.69) is 5.32 Å². The van der Waals surface area contributed by atoms with E-state index in [1.54, 1.807) is 6.92 Å². The minimum absolute atomic E-state index is 0.216. The van der Waals surface area contributed by atoms with Crippen molar-refractivity contribution in [2.24, 2.45) is 5.92 Å². The Hall–Kier alpha value is -0.250. The van der Waals surface area contributed by atoms with E-state index in [0.717, 1.165) is 6.42 Å². The third-order valence-electron chi connectivity index (χ3n) is 3.25. The Bertz CT molecular complexity index is 178. The van der Waals surface area contributed by atoms with Crippen molar-refractivity contribution in [3.8, 4) is 0 Å². The van der Waals surface area contributed by atoms with Gasteiger partial charge in [0.15, 0.2) is 0 Å². The summed E-state index contributed by atoms with van der Waals surface area (Å²) in [5.41, 5.74) is -1.63. The quantitative estimate of drug-likeness (QED) is 0.678. The van der Waals surface area contributed by atoms with Crippen LogP contribution in [0.5, 0.6) is 0 Å². The van der Waals surface area contributed by atoms with Gasteiger partial charge in [-0.05, 0) is 25.8 Å².